The molecule has 1 saturated heterocycles. The Bertz CT molecular complexity index is 791. The number of aromatic hydroxyl groups is 1. The number of carbonyl (C=O) groups is 3. The highest BCUT2D eigenvalue weighted by molar-refractivity contribution is 8.18. The molecule has 1 N–H and O–H groups in total. The molecule has 1 aliphatic heterocycles. The molecule has 1 heterocycles. The molecule has 2 rings (SSSR count). The fourth-order valence-electron chi connectivity index (χ4n) is 2.07. The molecule has 9 nitrogen and oxygen atoms in total. The number of phenolic OH excluding ortho intramolecular Hbond substituents is 1. The molecule has 0 bridgehead atoms. The standard InChI is InChI=1S/C16H16N2O7S/c1-2-3-6-25-14(20)9-17-15(21)13(26-16(17)22)8-10-4-5-12(19)11(7-10)18(23)24/h4-5,7-8,19H,2-3,6,9H2,1H3/b13-8+. The lowest BCUT2D eigenvalue weighted by Gasteiger charge is -2.11. The van der Waals surface area contributed by atoms with Crippen molar-refractivity contribution in [2.75, 3.05) is 13.2 Å². The molecule has 0 aliphatic carbocycles. The van der Waals surface area contributed by atoms with Crippen molar-refractivity contribution in [2.24, 2.45) is 0 Å². The molecule has 1 aromatic rings. The van der Waals surface area contributed by atoms with Crippen LogP contribution in [0.4, 0.5) is 10.5 Å². The number of phenols is 1. The van der Waals surface area contributed by atoms with E-state index >= 15 is 0 Å². The van der Waals surface area contributed by atoms with Crippen molar-refractivity contribution >= 4 is 40.6 Å². The van der Waals surface area contributed by atoms with Crippen molar-refractivity contribution in [2.45, 2.75) is 19.8 Å². The monoisotopic (exact) mass is 380 g/mol. The fraction of sp³-hybridized carbons (Fsp3) is 0.312. The number of amides is 2. The van der Waals surface area contributed by atoms with Crippen LogP contribution >= 0.6 is 11.8 Å². The van der Waals surface area contributed by atoms with E-state index < -0.39 is 40.0 Å². The van der Waals surface area contributed by atoms with Gasteiger partial charge in [0.1, 0.15) is 6.54 Å². The van der Waals surface area contributed by atoms with Crippen molar-refractivity contribution < 1.29 is 29.2 Å². The third-order valence-corrected chi connectivity index (χ3v) is 4.32. The van der Waals surface area contributed by atoms with Crippen LogP contribution < -0.4 is 0 Å². The van der Waals surface area contributed by atoms with Gasteiger partial charge in [0.25, 0.3) is 11.1 Å². The van der Waals surface area contributed by atoms with Gasteiger partial charge in [-0.3, -0.25) is 29.4 Å². The van der Waals surface area contributed by atoms with Gasteiger partial charge in [-0.1, -0.05) is 19.4 Å². The predicted octanol–water partition coefficient (Wildman–Crippen LogP) is 2.68. The Morgan fingerprint density at radius 2 is 2.15 bits per heavy atom. The fourth-order valence-corrected chi connectivity index (χ4v) is 2.91. The molecular weight excluding hydrogens is 364 g/mol. The molecule has 138 valence electrons. The molecular formula is C16H16N2O7S. The van der Waals surface area contributed by atoms with E-state index in [4.69, 9.17) is 4.74 Å². The van der Waals surface area contributed by atoms with Gasteiger partial charge in [0.15, 0.2) is 5.75 Å². The number of thioether (sulfide) groups is 1. The molecule has 2 amide bonds. The number of rotatable bonds is 7. The maximum Gasteiger partial charge on any atom is 0.326 e. The topological polar surface area (TPSA) is 127 Å². The first-order valence-electron chi connectivity index (χ1n) is 7.72. The molecule has 1 fully saturated rings. The van der Waals surface area contributed by atoms with Crippen LogP contribution in [0.1, 0.15) is 25.3 Å². The van der Waals surface area contributed by atoms with E-state index in [1.165, 1.54) is 12.1 Å². The molecule has 1 aromatic carbocycles. The van der Waals surface area contributed by atoms with Crippen LogP contribution in [0.15, 0.2) is 23.1 Å². The van der Waals surface area contributed by atoms with E-state index in [2.05, 4.69) is 0 Å². The molecule has 26 heavy (non-hydrogen) atoms. The number of hydrogen-bond acceptors (Lipinski definition) is 8. The zero-order valence-corrected chi connectivity index (χ0v) is 14.7. The van der Waals surface area contributed by atoms with Crippen molar-refractivity contribution in [1.29, 1.82) is 0 Å². The number of unbranched alkanes of at least 4 members (excludes halogenated alkanes) is 1. The largest absolute Gasteiger partial charge is 0.502 e. The molecule has 0 spiro atoms. The number of carbonyl (C=O) groups excluding carboxylic acids is 3. The lowest BCUT2D eigenvalue weighted by molar-refractivity contribution is -0.385. The van der Waals surface area contributed by atoms with Crippen LogP contribution in [0.3, 0.4) is 0 Å². The van der Waals surface area contributed by atoms with Gasteiger partial charge in [-0.15, -0.1) is 0 Å². The smallest absolute Gasteiger partial charge is 0.326 e. The zero-order chi connectivity index (χ0) is 19.3. The maximum absolute atomic E-state index is 12.3. The van der Waals surface area contributed by atoms with E-state index in [0.29, 0.717) is 18.2 Å². The number of ether oxygens (including phenoxy) is 1. The summed E-state index contributed by atoms with van der Waals surface area (Å²) in [6.07, 6.45) is 2.82. The number of hydrogen-bond donors (Lipinski definition) is 1. The average molecular weight is 380 g/mol. The van der Waals surface area contributed by atoms with Crippen molar-refractivity contribution in [1.82, 2.24) is 4.90 Å². The van der Waals surface area contributed by atoms with Crippen molar-refractivity contribution in [3.63, 3.8) is 0 Å². The maximum atomic E-state index is 12.3. The SMILES string of the molecule is CCCCOC(=O)CN1C(=O)S/C(=C/c2ccc(O)c([N+](=O)[O-])c2)C1=O. The van der Waals surface area contributed by atoms with Gasteiger partial charge < -0.3 is 9.84 Å². The molecule has 10 heteroatoms. The van der Waals surface area contributed by atoms with Crippen LogP contribution in [0, 0.1) is 10.1 Å². The minimum atomic E-state index is -0.759. The number of esters is 1. The molecule has 1 aliphatic rings. The molecule has 0 unspecified atom stereocenters. The first-order chi connectivity index (χ1) is 12.3. The van der Waals surface area contributed by atoms with Gasteiger partial charge in [0.2, 0.25) is 0 Å². The third kappa shape index (κ3) is 4.60. The Hall–Kier alpha value is -2.88. The molecule has 0 aromatic heterocycles. The summed E-state index contributed by atoms with van der Waals surface area (Å²) in [6, 6.07) is 3.58. The molecule has 0 radical (unpaired) electrons. The second kappa shape index (κ2) is 8.48. The summed E-state index contributed by atoms with van der Waals surface area (Å²) in [5.74, 6) is -1.86. The number of nitro benzene ring substituents is 1. The van der Waals surface area contributed by atoms with E-state index in [-0.39, 0.29) is 17.1 Å². The second-order valence-electron chi connectivity index (χ2n) is 5.35. The first-order valence-corrected chi connectivity index (χ1v) is 8.53. The second-order valence-corrected chi connectivity index (χ2v) is 6.34. The van der Waals surface area contributed by atoms with Crippen LogP contribution in [0.5, 0.6) is 5.75 Å². The van der Waals surface area contributed by atoms with Crippen LogP contribution in [0.25, 0.3) is 6.08 Å². The Labute approximate surface area is 152 Å². The summed E-state index contributed by atoms with van der Waals surface area (Å²) < 4.78 is 4.93. The van der Waals surface area contributed by atoms with Gasteiger partial charge in [0.05, 0.1) is 16.4 Å². The van der Waals surface area contributed by atoms with E-state index in [1.54, 1.807) is 0 Å². The average Bonchev–Trinajstić information content (AvgIpc) is 2.84. The van der Waals surface area contributed by atoms with Gasteiger partial charge in [-0.25, -0.2) is 0 Å². The van der Waals surface area contributed by atoms with E-state index in [9.17, 15) is 29.6 Å². The number of benzene rings is 1. The van der Waals surface area contributed by atoms with Gasteiger partial charge >= 0.3 is 11.7 Å². The van der Waals surface area contributed by atoms with Crippen LogP contribution in [-0.4, -0.2) is 45.2 Å². The minimum absolute atomic E-state index is 0.0244. The summed E-state index contributed by atoms with van der Waals surface area (Å²) in [6.45, 7) is 1.67. The van der Waals surface area contributed by atoms with Crippen LogP contribution in [-0.2, 0) is 14.3 Å². The molecule has 0 atom stereocenters. The summed E-state index contributed by atoms with van der Waals surface area (Å²) in [4.78, 5) is 46.8. The highest BCUT2D eigenvalue weighted by Crippen LogP contribution is 2.34. The van der Waals surface area contributed by atoms with Crippen molar-refractivity contribution in [3.8, 4) is 5.75 Å². The van der Waals surface area contributed by atoms with E-state index in [1.807, 2.05) is 6.92 Å². The lowest BCUT2D eigenvalue weighted by Crippen LogP contribution is -2.34. The summed E-state index contributed by atoms with van der Waals surface area (Å²) in [5.41, 5.74) is -0.247. The van der Waals surface area contributed by atoms with Gasteiger partial charge in [0, 0.05) is 6.07 Å². The lowest BCUT2D eigenvalue weighted by atomic mass is 10.1. The number of nitrogens with zero attached hydrogens (tertiary/aromatic N) is 2. The van der Waals surface area contributed by atoms with Crippen LogP contribution in [0.2, 0.25) is 0 Å². The quantitative estimate of drug-likeness (QED) is 0.251. The van der Waals surface area contributed by atoms with Gasteiger partial charge in [-0.2, -0.15) is 0 Å². The Kier molecular flexibility index (Phi) is 6.34. The van der Waals surface area contributed by atoms with Crippen molar-refractivity contribution in [3.05, 3.63) is 38.8 Å². The number of imide groups is 1. The number of nitro groups is 1. The Morgan fingerprint density at radius 1 is 1.42 bits per heavy atom. The zero-order valence-electron chi connectivity index (χ0n) is 13.8. The predicted molar refractivity (Wildman–Crippen MR) is 93.3 cm³/mol. The summed E-state index contributed by atoms with van der Waals surface area (Å²) in [5, 5.41) is 19.7. The Morgan fingerprint density at radius 3 is 2.81 bits per heavy atom. The van der Waals surface area contributed by atoms with Gasteiger partial charge in [-0.05, 0) is 35.9 Å². The summed E-state index contributed by atoms with van der Waals surface area (Å²) in [7, 11) is 0. The third-order valence-electron chi connectivity index (χ3n) is 3.42. The molecule has 0 saturated carbocycles. The first kappa shape index (κ1) is 19.4. The van der Waals surface area contributed by atoms with E-state index in [0.717, 1.165) is 23.5 Å². The Balaban J connectivity index is 2.13. The summed E-state index contributed by atoms with van der Waals surface area (Å²) >= 11 is 0.624. The highest BCUT2D eigenvalue weighted by atomic mass is 32.2. The normalized spacial score (nSPS) is 15.6. The minimum Gasteiger partial charge on any atom is -0.502 e. The highest BCUT2D eigenvalue weighted by Gasteiger charge is 2.36.